The van der Waals surface area contributed by atoms with Crippen molar-refractivity contribution in [2.75, 3.05) is 6.54 Å². The molecule has 14 heteroatoms. The number of carboxylic acid groups (broad SMARTS) is 1. The second kappa shape index (κ2) is 12.3. The van der Waals surface area contributed by atoms with Gasteiger partial charge in [0.1, 0.15) is 18.1 Å². The van der Waals surface area contributed by atoms with Gasteiger partial charge < -0.3 is 42.5 Å². The van der Waals surface area contributed by atoms with Crippen molar-refractivity contribution < 1.29 is 29.1 Å². The van der Waals surface area contributed by atoms with Crippen LogP contribution in [0.15, 0.2) is 43.0 Å². The van der Waals surface area contributed by atoms with Crippen molar-refractivity contribution in [2.24, 2.45) is 11.5 Å². The number of fused-ring (bicyclic) bond motifs is 1. The number of primary amides is 1. The van der Waals surface area contributed by atoms with Gasteiger partial charge in [-0.05, 0) is 11.6 Å². The summed E-state index contributed by atoms with van der Waals surface area (Å²) in [6.45, 7) is -0.378. The summed E-state index contributed by atoms with van der Waals surface area (Å²) < 4.78 is 0. The van der Waals surface area contributed by atoms with Crippen molar-refractivity contribution in [3.8, 4) is 0 Å². The standard InChI is InChI=1S/C23H28N8O6/c24-8-20(33)29-16(5-12-9-27-15-4-2-1-3-14(12)15)21(34)30-17(7-19(25)32)22(35)31-18(23(36)37)6-13-10-26-11-28-13/h1-4,9-11,16-18,27H,5-8,24H2,(H2,25,32)(H,26,28)(H,29,33)(H,30,34)(H,31,35)(H,36,37). The number of carbonyl (C=O) groups is 5. The van der Waals surface area contributed by atoms with E-state index >= 15 is 0 Å². The molecule has 2 heterocycles. The van der Waals surface area contributed by atoms with Crippen molar-refractivity contribution >= 4 is 40.5 Å². The molecule has 0 aliphatic carbocycles. The van der Waals surface area contributed by atoms with E-state index in [1.54, 1.807) is 6.20 Å². The zero-order chi connectivity index (χ0) is 26.9. The van der Waals surface area contributed by atoms with Gasteiger partial charge in [0, 0.05) is 41.8 Å². The summed E-state index contributed by atoms with van der Waals surface area (Å²) in [5.74, 6) is -4.56. The largest absolute Gasteiger partial charge is 0.480 e. The van der Waals surface area contributed by atoms with Crippen molar-refractivity contribution in [3.63, 3.8) is 0 Å². The number of hydrogen-bond acceptors (Lipinski definition) is 7. The number of nitrogens with one attached hydrogen (secondary N) is 5. The number of aliphatic carboxylic acids is 1. The molecule has 0 aliphatic rings. The van der Waals surface area contributed by atoms with Crippen LogP contribution in [-0.4, -0.2) is 74.3 Å². The molecule has 1 aromatic carbocycles. The van der Waals surface area contributed by atoms with E-state index in [4.69, 9.17) is 11.5 Å². The fourth-order valence-corrected chi connectivity index (χ4v) is 3.75. The highest BCUT2D eigenvalue weighted by atomic mass is 16.4. The quantitative estimate of drug-likeness (QED) is 0.128. The first-order valence-electron chi connectivity index (χ1n) is 11.3. The molecule has 0 bridgehead atoms. The Hall–Kier alpha value is -4.72. The fraction of sp³-hybridized carbons (Fsp3) is 0.304. The van der Waals surface area contributed by atoms with E-state index in [0.29, 0.717) is 5.69 Å². The Morgan fingerprint density at radius 2 is 1.65 bits per heavy atom. The Kier molecular flexibility index (Phi) is 8.94. The van der Waals surface area contributed by atoms with Crippen molar-refractivity contribution in [3.05, 3.63) is 54.2 Å². The van der Waals surface area contributed by atoms with E-state index < -0.39 is 54.1 Å². The first-order chi connectivity index (χ1) is 17.7. The van der Waals surface area contributed by atoms with Gasteiger partial charge in [-0.2, -0.15) is 0 Å². The summed E-state index contributed by atoms with van der Waals surface area (Å²) in [6, 6.07) is 3.33. The second-order valence-corrected chi connectivity index (χ2v) is 8.30. The first-order valence-corrected chi connectivity index (χ1v) is 11.3. The lowest BCUT2D eigenvalue weighted by atomic mass is 10.0. The number of rotatable bonds is 13. The number of carboxylic acids is 1. The highest BCUT2D eigenvalue weighted by Gasteiger charge is 2.31. The number of nitrogens with zero attached hydrogens (tertiary/aromatic N) is 1. The first kappa shape index (κ1) is 26.9. The number of aromatic amines is 2. The topological polar surface area (TPSA) is 238 Å². The molecule has 0 radical (unpaired) electrons. The Bertz CT molecular complexity index is 1270. The van der Waals surface area contributed by atoms with E-state index in [1.807, 2.05) is 24.3 Å². The van der Waals surface area contributed by atoms with Gasteiger partial charge in [-0.25, -0.2) is 9.78 Å². The number of para-hydroxylation sites is 1. The maximum Gasteiger partial charge on any atom is 0.326 e. The predicted octanol–water partition coefficient (Wildman–Crippen LogP) is -1.95. The molecule has 3 aromatic rings. The van der Waals surface area contributed by atoms with Crippen molar-refractivity contribution in [1.29, 1.82) is 0 Å². The number of imidazole rings is 1. The van der Waals surface area contributed by atoms with Crippen LogP contribution in [-0.2, 0) is 36.8 Å². The van der Waals surface area contributed by atoms with Crippen LogP contribution in [0.3, 0.4) is 0 Å². The third-order valence-corrected chi connectivity index (χ3v) is 5.57. The van der Waals surface area contributed by atoms with E-state index in [0.717, 1.165) is 16.5 Å². The number of nitrogens with two attached hydrogens (primary N) is 2. The molecule has 196 valence electrons. The summed E-state index contributed by atoms with van der Waals surface area (Å²) in [6.07, 6.45) is 3.78. The highest BCUT2D eigenvalue weighted by Crippen LogP contribution is 2.19. The number of aromatic nitrogens is 3. The number of amides is 4. The lowest BCUT2D eigenvalue weighted by Crippen LogP contribution is -2.57. The Morgan fingerprint density at radius 1 is 0.946 bits per heavy atom. The molecule has 0 saturated heterocycles. The Morgan fingerprint density at radius 3 is 2.30 bits per heavy atom. The van der Waals surface area contributed by atoms with Crippen LogP contribution in [0.5, 0.6) is 0 Å². The maximum atomic E-state index is 13.2. The molecule has 14 nitrogen and oxygen atoms in total. The van der Waals surface area contributed by atoms with Crippen LogP contribution in [0.2, 0.25) is 0 Å². The number of benzene rings is 1. The number of H-pyrrole nitrogens is 2. The monoisotopic (exact) mass is 512 g/mol. The predicted molar refractivity (Wildman–Crippen MR) is 131 cm³/mol. The van der Waals surface area contributed by atoms with E-state index in [-0.39, 0.29) is 19.4 Å². The van der Waals surface area contributed by atoms with Crippen LogP contribution in [0.25, 0.3) is 10.9 Å². The van der Waals surface area contributed by atoms with Crippen LogP contribution in [0.4, 0.5) is 0 Å². The molecule has 3 rings (SSSR count). The van der Waals surface area contributed by atoms with Gasteiger partial charge in [-0.3, -0.25) is 19.2 Å². The van der Waals surface area contributed by atoms with Crippen molar-refractivity contribution in [1.82, 2.24) is 30.9 Å². The minimum Gasteiger partial charge on any atom is -0.480 e. The van der Waals surface area contributed by atoms with Gasteiger partial charge in [0.05, 0.1) is 19.3 Å². The fourth-order valence-electron chi connectivity index (χ4n) is 3.75. The minimum atomic E-state index is -1.49. The SMILES string of the molecule is NCC(=O)NC(Cc1c[nH]c2ccccc12)C(=O)NC(CC(N)=O)C(=O)NC(Cc1cnc[nH]1)C(=O)O. The third kappa shape index (κ3) is 7.38. The van der Waals surface area contributed by atoms with Crippen LogP contribution >= 0.6 is 0 Å². The van der Waals surface area contributed by atoms with Gasteiger partial charge in [0.25, 0.3) is 0 Å². The normalized spacial score (nSPS) is 13.3. The highest BCUT2D eigenvalue weighted by molar-refractivity contribution is 5.96. The third-order valence-electron chi connectivity index (χ3n) is 5.57. The molecular formula is C23H28N8O6. The zero-order valence-corrected chi connectivity index (χ0v) is 19.7. The molecule has 4 amide bonds. The average Bonchev–Trinajstić information content (AvgIpc) is 3.52. The molecule has 0 fully saturated rings. The summed E-state index contributed by atoms with van der Waals surface area (Å²) in [5, 5.41) is 17.6. The maximum absolute atomic E-state index is 13.2. The molecule has 2 aromatic heterocycles. The van der Waals surface area contributed by atoms with Gasteiger partial charge >= 0.3 is 5.97 Å². The number of hydrogen-bond donors (Lipinski definition) is 8. The van der Waals surface area contributed by atoms with E-state index in [9.17, 15) is 29.1 Å². The molecule has 0 aliphatic heterocycles. The van der Waals surface area contributed by atoms with Gasteiger partial charge in [-0.1, -0.05) is 18.2 Å². The van der Waals surface area contributed by atoms with Crippen LogP contribution in [0, 0.1) is 0 Å². The molecule has 37 heavy (non-hydrogen) atoms. The minimum absolute atomic E-state index is 0.0457. The molecule has 3 unspecified atom stereocenters. The molecule has 3 atom stereocenters. The summed E-state index contributed by atoms with van der Waals surface area (Å²) in [4.78, 5) is 71.1. The smallest absolute Gasteiger partial charge is 0.326 e. The second-order valence-electron chi connectivity index (χ2n) is 8.30. The lowest BCUT2D eigenvalue weighted by molar-refractivity contribution is -0.142. The van der Waals surface area contributed by atoms with Gasteiger partial charge in [0.2, 0.25) is 23.6 Å². The van der Waals surface area contributed by atoms with E-state index in [2.05, 4.69) is 30.9 Å². The molecule has 0 spiro atoms. The Labute approximate surface area is 210 Å². The average molecular weight is 513 g/mol. The van der Waals surface area contributed by atoms with Gasteiger partial charge in [0.15, 0.2) is 0 Å². The number of carbonyl (C=O) groups excluding carboxylic acids is 4. The zero-order valence-electron chi connectivity index (χ0n) is 19.7. The molecular weight excluding hydrogens is 484 g/mol. The van der Waals surface area contributed by atoms with E-state index in [1.165, 1.54) is 12.5 Å². The molecule has 0 saturated carbocycles. The van der Waals surface area contributed by atoms with Crippen molar-refractivity contribution in [2.45, 2.75) is 37.4 Å². The van der Waals surface area contributed by atoms with Crippen LogP contribution in [0.1, 0.15) is 17.7 Å². The molecule has 10 N–H and O–H groups in total. The Balaban J connectivity index is 1.78. The van der Waals surface area contributed by atoms with Gasteiger partial charge in [-0.15, -0.1) is 0 Å². The summed E-state index contributed by atoms with van der Waals surface area (Å²) >= 11 is 0. The summed E-state index contributed by atoms with van der Waals surface area (Å²) in [5.41, 5.74) is 12.7. The summed E-state index contributed by atoms with van der Waals surface area (Å²) in [7, 11) is 0. The van der Waals surface area contributed by atoms with Crippen LogP contribution < -0.4 is 27.4 Å². The lowest BCUT2D eigenvalue weighted by Gasteiger charge is -2.24.